The second-order valence-corrected chi connectivity index (χ2v) is 8.88. The monoisotopic (exact) mass is 483 g/mol. The van der Waals surface area contributed by atoms with Crippen LogP contribution in [0.3, 0.4) is 0 Å². The van der Waals surface area contributed by atoms with Gasteiger partial charge in [-0.2, -0.15) is 0 Å². The zero-order valence-corrected chi connectivity index (χ0v) is 19.7. The second kappa shape index (κ2) is 9.83. The highest BCUT2D eigenvalue weighted by molar-refractivity contribution is 5.90. The van der Waals surface area contributed by atoms with Gasteiger partial charge in [-0.3, -0.25) is 19.8 Å². The van der Waals surface area contributed by atoms with E-state index in [1.807, 2.05) is 13.8 Å². The molecule has 1 fully saturated rings. The smallest absolute Gasteiger partial charge is 0.353 e. The Kier molecular flexibility index (Phi) is 6.83. The van der Waals surface area contributed by atoms with Crippen LogP contribution in [0.15, 0.2) is 51.7 Å². The number of nitro groups is 1. The van der Waals surface area contributed by atoms with Gasteiger partial charge >= 0.3 is 11.3 Å². The summed E-state index contributed by atoms with van der Waals surface area (Å²) in [6.45, 7) is 6.91. The summed E-state index contributed by atoms with van der Waals surface area (Å²) < 4.78 is 23.9. The zero-order chi connectivity index (χ0) is 25.3. The molecular formula is C25H26FN3O6. The van der Waals surface area contributed by atoms with Crippen molar-refractivity contribution in [2.24, 2.45) is 0 Å². The first-order valence-corrected chi connectivity index (χ1v) is 11.3. The van der Waals surface area contributed by atoms with Gasteiger partial charge in [0.1, 0.15) is 5.82 Å². The number of nitro benzene ring substituents is 1. The minimum Gasteiger partial charge on any atom is -0.477 e. The number of rotatable bonds is 6. The van der Waals surface area contributed by atoms with Gasteiger partial charge in [0.2, 0.25) is 11.3 Å². The summed E-state index contributed by atoms with van der Waals surface area (Å²) in [7, 11) is 0. The lowest BCUT2D eigenvalue weighted by atomic mass is 10.1. The van der Waals surface area contributed by atoms with Crippen LogP contribution in [-0.4, -0.2) is 52.4 Å². The van der Waals surface area contributed by atoms with Crippen molar-refractivity contribution in [3.63, 3.8) is 0 Å². The Morgan fingerprint density at radius 1 is 1.17 bits per heavy atom. The molecule has 0 spiro atoms. The summed E-state index contributed by atoms with van der Waals surface area (Å²) in [5.74, 6) is -0.722. The first-order valence-electron chi connectivity index (χ1n) is 11.3. The van der Waals surface area contributed by atoms with Gasteiger partial charge in [0.15, 0.2) is 6.61 Å². The Balaban J connectivity index is 1.46. The van der Waals surface area contributed by atoms with Crippen LogP contribution in [0.2, 0.25) is 0 Å². The Morgan fingerprint density at radius 2 is 1.89 bits per heavy atom. The lowest BCUT2D eigenvalue weighted by Crippen LogP contribution is -2.58. The highest BCUT2D eigenvalue weighted by atomic mass is 19.1. The molecule has 0 N–H and O–H groups in total. The van der Waals surface area contributed by atoms with Crippen LogP contribution < -0.4 is 10.4 Å². The number of carbonyl (C=O) groups is 1. The van der Waals surface area contributed by atoms with Crippen LogP contribution in [0.25, 0.3) is 11.0 Å². The van der Waals surface area contributed by atoms with E-state index in [1.54, 1.807) is 30.0 Å². The molecule has 3 aromatic rings. The number of nitrogens with zero attached hydrogens (tertiary/aromatic N) is 3. The largest absolute Gasteiger partial charge is 0.477 e. The molecule has 0 bridgehead atoms. The Morgan fingerprint density at radius 3 is 2.57 bits per heavy atom. The summed E-state index contributed by atoms with van der Waals surface area (Å²) >= 11 is 0. The normalized spacial score (nSPS) is 18.6. The maximum absolute atomic E-state index is 13.2. The SMILES string of the molecule is Cc1cc(=O)oc2c([N+](=O)[O-])c(OCC(=O)N3C[C@H](C)N(Cc4ccc(F)cc4)C[C@H]3C)ccc12. The molecule has 1 saturated heterocycles. The Labute approximate surface area is 200 Å². The molecule has 35 heavy (non-hydrogen) atoms. The molecule has 1 aliphatic heterocycles. The predicted molar refractivity (Wildman–Crippen MR) is 127 cm³/mol. The van der Waals surface area contributed by atoms with Crippen molar-refractivity contribution in [1.29, 1.82) is 0 Å². The predicted octanol–water partition coefficient (Wildman–Crippen LogP) is 3.65. The van der Waals surface area contributed by atoms with Crippen molar-refractivity contribution in [3.8, 4) is 5.75 Å². The number of ether oxygens (including phenoxy) is 1. The highest BCUT2D eigenvalue weighted by Gasteiger charge is 2.33. The molecule has 0 aliphatic carbocycles. The van der Waals surface area contributed by atoms with Gasteiger partial charge < -0.3 is 14.1 Å². The van der Waals surface area contributed by atoms with Crippen LogP contribution in [-0.2, 0) is 11.3 Å². The number of benzene rings is 2. The van der Waals surface area contributed by atoms with Crippen LogP contribution in [0.1, 0.15) is 25.0 Å². The minimum atomic E-state index is -0.701. The summed E-state index contributed by atoms with van der Waals surface area (Å²) in [5.41, 5.74) is 0.165. The molecule has 2 aromatic carbocycles. The number of amides is 1. The fraction of sp³-hybridized carbons (Fsp3) is 0.360. The van der Waals surface area contributed by atoms with Crippen molar-refractivity contribution in [2.75, 3.05) is 19.7 Å². The van der Waals surface area contributed by atoms with Crippen molar-refractivity contribution in [3.05, 3.63) is 79.9 Å². The lowest BCUT2D eigenvalue weighted by Gasteiger charge is -2.44. The molecule has 2 atom stereocenters. The number of piperazine rings is 1. The van der Waals surface area contributed by atoms with Crippen LogP contribution in [0.4, 0.5) is 10.1 Å². The number of carbonyl (C=O) groups excluding carboxylic acids is 1. The molecule has 0 radical (unpaired) electrons. The third kappa shape index (κ3) is 5.17. The molecule has 0 saturated carbocycles. The van der Waals surface area contributed by atoms with Gasteiger partial charge in [-0.15, -0.1) is 0 Å². The Hall–Kier alpha value is -3.79. The number of hydrogen-bond acceptors (Lipinski definition) is 7. The van der Waals surface area contributed by atoms with Crippen LogP contribution in [0, 0.1) is 22.9 Å². The third-order valence-electron chi connectivity index (χ3n) is 6.32. The molecule has 1 aliphatic rings. The molecule has 1 aromatic heterocycles. The topological polar surface area (TPSA) is 106 Å². The average molecular weight is 483 g/mol. The van der Waals surface area contributed by atoms with Crippen LogP contribution in [0.5, 0.6) is 5.75 Å². The highest BCUT2D eigenvalue weighted by Crippen LogP contribution is 2.35. The summed E-state index contributed by atoms with van der Waals surface area (Å²) in [6, 6.07) is 10.5. The quantitative estimate of drug-likeness (QED) is 0.299. The molecule has 1 amide bonds. The van der Waals surface area contributed by atoms with E-state index in [4.69, 9.17) is 9.15 Å². The van der Waals surface area contributed by atoms with E-state index in [0.717, 1.165) is 5.56 Å². The summed E-state index contributed by atoms with van der Waals surface area (Å²) in [4.78, 5) is 39.7. The van der Waals surface area contributed by atoms with Gasteiger partial charge in [0, 0.05) is 43.2 Å². The number of hydrogen-bond donors (Lipinski definition) is 0. The number of halogens is 1. The van der Waals surface area contributed by atoms with Crippen molar-refractivity contribution >= 4 is 22.6 Å². The lowest BCUT2D eigenvalue weighted by molar-refractivity contribution is -0.384. The van der Waals surface area contributed by atoms with Gasteiger partial charge in [0.25, 0.3) is 5.91 Å². The summed E-state index contributed by atoms with van der Waals surface area (Å²) in [5, 5.41) is 12.2. The zero-order valence-electron chi connectivity index (χ0n) is 19.7. The van der Waals surface area contributed by atoms with E-state index in [2.05, 4.69) is 4.90 Å². The average Bonchev–Trinajstić information content (AvgIpc) is 2.80. The number of aryl methyl sites for hydroxylation is 1. The molecule has 2 heterocycles. The molecule has 10 heteroatoms. The maximum Gasteiger partial charge on any atom is 0.353 e. The van der Waals surface area contributed by atoms with Crippen LogP contribution >= 0.6 is 0 Å². The second-order valence-electron chi connectivity index (χ2n) is 8.88. The number of fused-ring (bicyclic) bond motifs is 1. The van der Waals surface area contributed by atoms with Gasteiger partial charge in [-0.1, -0.05) is 12.1 Å². The van der Waals surface area contributed by atoms with Crippen molar-refractivity contribution in [1.82, 2.24) is 9.80 Å². The van der Waals surface area contributed by atoms with Gasteiger partial charge in [-0.25, -0.2) is 9.18 Å². The fourth-order valence-electron chi connectivity index (χ4n) is 4.45. The molecule has 184 valence electrons. The van der Waals surface area contributed by atoms with E-state index in [1.165, 1.54) is 24.3 Å². The molecule has 9 nitrogen and oxygen atoms in total. The third-order valence-corrected chi connectivity index (χ3v) is 6.32. The minimum absolute atomic E-state index is 0.0486. The van der Waals surface area contributed by atoms with E-state index < -0.39 is 22.8 Å². The molecular weight excluding hydrogens is 457 g/mol. The molecule has 0 unspecified atom stereocenters. The Bertz CT molecular complexity index is 1320. The van der Waals surface area contributed by atoms with E-state index in [0.29, 0.717) is 30.6 Å². The first kappa shape index (κ1) is 24.3. The maximum atomic E-state index is 13.2. The van der Waals surface area contributed by atoms with E-state index in [9.17, 15) is 24.1 Å². The van der Waals surface area contributed by atoms with Crippen molar-refractivity contribution < 1.29 is 23.3 Å². The van der Waals surface area contributed by atoms with Gasteiger partial charge in [0.05, 0.1) is 4.92 Å². The first-order chi connectivity index (χ1) is 16.6. The van der Waals surface area contributed by atoms with Crippen molar-refractivity contribution in [2.45, 2.75) is 39.4 Å². The summed E-state index contributed by atoms with van der Waals surface area (Å²) in [6.07, 6.45) is 0. The van der Waals surface area contributed by atoms with E-state index >= 15 is 0 Å². The van der Waals surface area contributed by atoms with Gasteiger partial charge in [-0.05, 0) is 56.2 Å². The molecule has 4 rings (SSSR count). The van der Waals surface area contributed by atoms with E-state index in [-0.39, 0.29) is 35.1 Å². The standard InChI is InChI=1S/C25H26FN3O6/c1-15-10-23(31)35-25-20(15)8-9-21(24(25)29(32)33)34-14-22(30)28-12-16(2)27(11-17(28)3)13-18-4-6-19(26)7-5-18/h4-10,16-17H,11-14H2,1-3H3/t16-,17+/m0/s1. The fourth-order valence-corrected chi connectivity index (χ4v) is 4.45.